The summed E-state index contributed by atoms with van der Waals surface area (Å²) < 4.78 is 22.9. The molecule has 3 aliphatic heterocycles. The van der Waals surface area contributed by atoms with Gasteiger partial charge in [-0.25, -0.2) is 0 Å². The Morgan fingerprint density at radius 1 is 0.814 bits per heavy atom. The van der Waals surface area contributed by atoms with E-state index in [1.165, 1.54) is 33.7 Å². The summed E-state index contributed by atoms with van der Waals surface area (Å²) in [5.74, 6) is 3.53. The Morgan fingerprint density at radius 3 is 2.35 bits per heavy atom. The molecule has 43 heavy (non-hydrogen) atoms. The van der Waals surface area contributed by atoms with Gasteiger partial charge >= 0.3 is 11.5 Å². The lowest BCUT2D eigenvalue weighted by Crippen LogP contribution is -2.76. The van der Waals surface area contributed by atoms with Crippen molar-refractivity contribution in [1.82, 2.24) is 9.08 Å². The van der Waals surface area contributed by atoms with E-state index >= 15 is 0 Å². The highest BCUT2D eigenvalue weighted by Crippen LogP contribution is 2.56. The number of aromatic nitrogens is 4. The Morgan fingerprint density at radius 2 is 1.56 bits per heavy atom. The molecule has 4 aromatic heterocycles. The number of fused-ring (bicyclic) bond motifs is 4. The second kappa shape index (κ2) is 7.95. The Hall–Kier alpha value is -4.84. The van der Waals surface area contributed by atoms with Crippen molar-refractivity contribution in [3.05, 3.63) is 131 Å². The number of benzene rings is 2. The van der Waals surface area contributed by atoms with E-state index in [2.05, 4.69) is 145 Å². The highest BCUT2D eigenvalue weighted by molar-refractivity contribution is 5.67. The van der Waals surface area contributed by atoms with E-state index in [1.807, 2.05) is 6.07 Å². The van der Waals surface area contributed by atoms with Crippen LogP contribution in [0.3, 0.4) is 0 Å². The third-order valence-electron chi connectivity index (χ3n) is 9.88. The van der Waals surface area contributed by atoms with Crippen LogP contribution < -0.4 is 18.7 Å². The number of hydrogen-bond acceptors (Lipinski definition) is 2. The Balaban J connectivity index is 1.40. The smallest absolute Gasteiger partial charge is 0.452 e. The molecular formula is C37H34N4O2+2. The van der Waals surface area contributed by atoms with E-state index in [-0.39, 0.29) is 11.3 Å². The van der Waals surface area contributed by atoms with Crippen molar-refractivity contribution < 1.29 is 18.7 Å². The van der Waals surface area contributed by atoms with E-state index in [4.69, 9.17) is 9.47 Å². The monoisotopic (exact) mass is 566 g/mol. The molecule has 6 aromatic rings. The predicted molar refractivity (Wildman–Crippen MR) is 164 cm³/mol. The minimum atomic E-state index is -0.714. The molecule has 0 radical (unpaired) electrons. The molecule has 9 rings (SSSR count). The molecule has 2 unspecified atom stereocenters. The maximum atomic E-state index is 6.73. The van der Waals surface area contributed by atoms with E-state index in [9.17, 15) is 0 Å². The molecule has 0 amide bonds. The quantitative estimate of drug-likeness (QED) is 0.208. The Bertz CT molecular complexity index is 2180. The van der Waals surface area contributed by atoms with Gasteiger partial charge in [0.05, 0.1) is 17.3 Å². The third-order valence-corrected chi connectivity index (χ3v) is 9.88. The lowest BCUT2D eigenvalue weighted by molar-refractivity contribution is -0.999. The minimum absolute atomic E-state index is 0.0182. The molecule has 7 heterocycles. The fourth-order valence-electron chi connectivity index (χ4n) is 8.03. The summed E-state index contributed by atoms with van der Waals surface area (Å²) in [5.41, 5.74) is 10.1. The van der Waals surface area contributed by atoms with Crippen LogP contribution in [0.15, 0.2) is 91.3 Å². The van der Waals surface area contributed by atoms with E-state index in [0.717, 1.165) is 39.9 Å². The zero-order valence-electron chi connectivity index (χ0n) is 25.3. The molecule has 0 bridgehead atoms. The predicted octanol–water partition coefficient (Wildman–Crippen LogP) is 7.19. The number of pyridine rings is 2. The van der Waals surface area contributed by atoms with Crippen molar-refractivity contribution in [1.29, 1.82) is 0 Å². The van der Waals surface area contributed by atoms with Crippen molar-refractivity contribution in [2.24, 2.45) is 0 Å². The lowest BCUT2D eigenvalue weighted by atomic mass is 9.83. The van der Waals surface area contributed by atoms with Gasteiger partial charge in [-0.1, -0.05) is 50.5 Å². The zero-order valence-corrected chi connectivity index (χ0v) is 25.3. The van der Waals surface area contributed by atoms with Crippen molar-refractivity contribution in [3.8, 4) is 28.8 Å². The van der Waals surface area contributed by atoms with Crippen LogP contribution in [0.1, 0.15) is 72.9 Å². The van der Waals surface area contributed by atoms with Gasteiger partial charge in [0.2, 0.25) is 5.69 Å². The summed E-state index contributed by atoms with van der Waals surface area (Å²) in [6.45, 7) is 13.6. The van der Waals surface area contributed by atoms with E-state index < -0.39 is 5.66 Å². The molecule has 3 aliphatic rings. The van der Waals surface area contributed by atoms with Gasteiger partial charge in [0.25, 0.3) is 0 Å². The summed E-state index contributed by atoms with van der Waals surface area (Å²) in [6.07, 6.45) is 4.39. The Labute approximate surface area is 251 Å². The van der Waals surface area contributed by atoms with Crippen molar-refractivity contribution in [3.63, 3.8) is 0 Å². The van der Waals surface area contributed by atoms with Crippen LogP contribution in [0.2, 0.25) is 0 Å². The van der Waals surface area contributed by atoms with Crippen LogP contribution >= 0.6 is 0 Å². The maximum absolute atomic E-state index is 6.73. The summed E-state index contributed by atoms with van der Waals surface area (Å²) in [4.78, 5) is 0. The van der Waals surface area contributed by atoms with Gasteiger partial charge in [0.15, 0.2) is 23.1 Å². The van der Waals surface area contributed by atoms with Gasteiger partial charge in [0.1, 0.15) is 17.2 Å². The molecule has 2 aromatic carbocycles. The normalized spacial score (nSPS) is 17.9. The fraction of sp³-hybridized carbons (Fsp3) is 0.243. The minimum Gasteiger partial charge on any atom is -0.455 e. The molecule has 0 fully saturated rings. The van der Waals surface area contributed by atoms with Crippen molar-refractivity contribution in [2.45, 2.75) is 58.5 Å². The molecule has 212 valence electrons. The first kappa shape index (κ1) is 24.7. The average Bonchev–Trinajstić information content (AvgIpc) is 3.63. The van der Waals surface area contributed by atoms with Gasteiger partial charge in [-0.15, -0.1) is 4.68 Å². The van der Waals surface area contributed by atoms with Crippen LogP contribution in [0.4, 0.5) is 0 Å². The van der Waals surface area contributed by atoms with Gasteiger partial charge in [-0.05, 0) is 71.1 Å². The molecule has 0 N–H and O–H groups in total. The Kier molecular flexibility index (Phi) is 4.57. The van der Waals surface area contributed by atoms with Crippen LogP contribution in [-0.4, -0.2) is 9.08 Å². The number of hydrogen-bond donors (Lipinski definition) is 0. The molecule has 6 heteroatoms. The number of rotatable bonds is 2. The first-order chi connectivity index (χ1) is 20.7. The molecular weight excluding hydrogens is 532 g/mol. The second-order valence-corrected chi connectivity index (χ2v) is 13.2. The molecule has 0 saturated carbocycles. The molecule has 1 spiro atoms. The van der Waals surface area contributed by atoms with Crippen LogP contribution in [0.25, 0.3) is 11.2 Å². The average molecular weight is 567 g/mol. The summed E-state index contributed by atoms with van der Waals surface area (Å²) >= 11 is 0. The fourth-order valence-corrected chi connectivity index (χ4v) is 8.03. The van der Waals surface area contributed by atoms with Crippen molar-refractivity contribution >= 4 is 5.52 Å². The van der Waals surface area contributed by atoms with Gasteiger partial charge in [-0.3, -0.25) is 0 Å². The van der Waals surface area contributed by atoms with E-state index in [1.54, 1.807) is 0 Å². The largest absolute Gasteiger partial charge is 0.455 e. The lowest BCUT2D eigenvalue weighted by Gasteiger charge is -2.32. The SMILES string of the molecule is Cc1c(C(C)c2ccc3ccccn23)c(C)[n+]2n1-c1cccc3c1C21c2c(cccc2Oc2cc(C(C)(C)C)cc[n+]21)O3. The summed E-state index contributed by atoms with van der Waals surface area (Å²) in [5, 5.41) is 0. The molecule has 6 nitrogen and oxygen atoms in total. The summed E-state index contributed by atoms with van der Waals surface area (Å²) in [7, 11) is 0. The van der Waals surface area contributed by atoms with Crippen LogP contribution in [0, 0.1) is 13.8 Å². The topological polar surface area (TPSA) is 35.6 Å². The number of ether oxygens (including phenoxy) is 2. The van der Waals surface area contributed by atoms with Gasteiger partial charge < -0.3 is 13.9 Å². The second-order valence-electron chi connectivity index (χ2n) is 13.2. The van der Waals surface area contributed by atoms with Crippen molar-refractivity contribution in [2.75, 3.05) is 0 Å². The van der Waals surface area contributed by atoms with Crippen LogP contribution in [-0.2, 0) is 11.1 Å². The third kappa shape index (κ3) is 2.89. The molecule has 2 atom stereocenters. The van der Waals surface area contributed by atoms with E-state index in [0.29, 0.717) is 0 Å². The maximum Gasteiger partial charge on any atom is 0.452 e. The van der Waals surface area contributed by atoms with Gasteiger partial charge in [0, 0.05) is 36.3 Å². The highest BCUT2D eigenvalue weighted by atomic mass is 16.5. The zero-order chi connectivity index (χ0) is 29.4. The summed E-state index contributed by atoms with van der Waals surface area (Å²) in [6, 6.07) is 27.9. The van der Waals surface area contributed by atoms with Gasteiger partial charge in [-0.2, -0.15) is 0 Å². The number of nitrogens with zero attached hydrogens (tertiary/aromatic N) is 4. The molecule has 0 aliphatic carbocycles. The highest BCUT2D eigenvalue weighted by Gasteiger charge is 2.72. The standard InChI is InChI=1S/C37H34N4O2/c1-22(27-17-16-26-11-7-8-19-38(26)27)33-23(2)40-28-12-9-13-29-34(28)37(41(40)24(33)3)35-30(42-29)14-10-15-31(35)43-32-21-25(36(4,5)6)18-20-39(32)37/h7-22H,1-6H3/q+2. The van der Waals surface area contributed by atoms with Crippen LogP contribution in [0.5, 0.6) is 23.1 Å². The first-order valence-electron chi connectivity index (χ1n) is 15.1. The first-order valence-corrected chi connectivity index (χ1v) is 15.1. The molecule has 0 saturated heterocycles.